The largest absolute Gasteiger partial charge is 0.505 e. The van der Waals surface area contributed by atoms with Crippen LogP contribution in [0.3, 0.4) is 0 Å². The maximum absolute atomic E-state index is 14.8. The van der Waals surface area contributed by atoms with E-state index >= 15 is 0 Å². The van der Waals surface area contributed by atoms with Crippen molar-refractivity contribution in [3.63, 3.8) is 0 Å². The number of esters is 1. The molecule has 0 unspecified atom stereocenters. The molecule has 2 heterocycles. The minimum atomic E-state index is -1.75. The molecule has 6 N–H and O–H groups in total. The number of benzene rings is 4. The highest BCUT2D eigenvalue weighted by atomic mass is 127. The summed E-state index contributed by atoms with van der Waals surface area (Å²) in [5.41, 5.74) is 0.489. The number of phenols is 2. The molecule has 70 heavy (non-hydrogen) atoms. The van der Waals surface area contributed by atoms with Crippen molar-refractivity contribution in [2.24, 2.45) is 0 Å². The third kappa shape index (κ3) is 12.0. The summed E-state index contributed by atoms with van der Waals surface area (Å²) in [4.78, 5) is 73.8. The summed E-state index contributed by atoms with van der Waals surface area (Å²) in [6.45, 7) is 15.0. The van der Waals surface area contributed by atoms with Gasteiger partial charge in [-0.1, -0.05) is 58.5 Å². The van der Waals surface area contributed by atoms with E-state index in [1.165, 1.54) is 18.2 Å². The molecule has 3 atom stereocenters. The van der Waals surface area contributed by atoms with Crippen LogP contribution >= 0.6 is 69.0 Å². The molecule has 22 heteroatoms. The number of rotatable bonds is 17. The Kier molecular flexibility index (Phi) is 16.9. The second kappa shape index (κ2) is 21.8. The van der Waals surface area contributed by atoms with E-state index < -0.39 is 77.4 Å². The van der Waals surface area contributed by atoms with Crippen molar-refractivity contribution < 1.29 is 57.7 Å². The van der Waals surface area contributed by atoms with Crippen molar-refractivity contribution in [1.29, 1.82) is 0 Å². The number of hydrogen-bond donors (Lipinski definition) is 6. The van der Waals surface area contributed by atoms with Crippen LogP contribution in [-0.2, 0) is 39.6 Å². The van der Waals surface area contributed by atoms with Crippen LogP contribution in [0.2, 0.25) is 20.1 Å². The number of ketones is 1. The van der Waals surface area contributed by atoms with E-state index in [1.54, 1.807) is 38.2 Å². The molecule has 1 saturated heterocycles. The number of halogens is 5. The molecule has 1 aliphatic rings. The second-order valence-corrected chi connectivity index (χ2v) is 20.7. The molecule has 372 valence electrons. The number of phenolic OH excluding ortho intramolecular Hbond substituents is 2. The molecule has 0 bridgehead atoms. The second-order valence-electron chi connectivity index (χ2n) is 18.0. The van der Waals surface area contributed by atoms with E-state index in [0.29, 0.717) is 31.2 Å². The van der Waals surface area contributed by atoms with Gasteiger partial charge in [-0.2, -0.15) is 0 Å². The molecule has 0 radical (unpaired) electrons. The van der Waals surface area contributed by atoms with Crippen LogP contribution < -0.4 is 30.9 Å². The Hall–Kier alpha value is -4.96. The van der Waals surface area contributed by atoms with Gasteiger partial charge in [0.05, 0.1) is 54.2 Å². The smallest absolute Gasteiger partial charge is 0.494 e. The fraction of sp³-hybridized carbons (Fsp3) is 0.354. The first-order valence-corrected chi connectivity index (χ1v) is 24.3. The molecular weight excluding hydrogens is 1100 g/mol. The van der Waals surface area contributed by atoms with Crippen molar-refractivity contribution in [3.8, 4) is 23.0 Å². The average Bonchev–Trinajstić information content (AvgIpc) is 3.78. The average molecular weight is 1150 g/mol. The number of aromatic hydroxyl groups is 2. The van der Waals surface area contributed by atoms with Crippen molar-refractivity contribution in [3.05, 3.63) is 107 Å². The van der Waals surface area contributed by atoms with Crippen LogP contribution in [0.4, 0.5) is 0 Å². The molecule has 0 saturated carbocycles. The van der Waals surface area contributed by atoms with Crippen molar-refractivity contribution in [2.75, 3.05) is 7.11 Å². The quantitative estimate of drug-likeness (QED) is 0.0170. The Morgan fingerprint density at radius 3 is 1.84 bits per heavy atom. The normalized spacial score (nSPS) is 15.3. The standard InChI is InChI=1S/C48H50BCl4IN4O12/c1-21(2)67-36-18-24(16-33(54)42(36)68-22(3)4)38(46(65)66-9)58-44(63)37(23-12-29(50)40(60)30(51)13-23)57-43(62)35(56-45(64)39(59)25-14-31(52)41(61)32(53)15-25)17-26-20-55-34-19-27(10-11-28(26)34)49-69-47(5,6)48(7,8)70-49/h10-16,18-22,35,37-38,55,60-61H,17H2,1-9H3,(H,56,64)(H,57,62)(H,58,63)/t35-,37-,38-/m1/s1. The van der Waals surface area contributed by atoms with Crippen LogP contribution in [0.5, 0.6) is 23.0 Å². The number of fused-ring (bicyclic) bond motifs is 1. The van der Waals surface area contributed by atoms with Crippen LogP contribution in [0.25, 0.3) is 10.9 Å². The first-order valence-electron chi connectivity index (χ1n) is 21.7. The topological polar surface area (TPSA) is 224 Å². The van der Waals surface area contributed by atoms with Gasteiger partial charge in [0, 0.05) is 29.1 Å². The number of carbonyl (C=O) groups excluding carboxylic acids is 5. The molecule has 16 nitrogen and oxygen atoms in total. The number of aromatic amines is 1. The zero-order chi connectivity index (χ0) is 51.7. The highest BCUT2D eigenvalue weighted by Crippen LogP contribution is 2.40. The van der Waals surface area contributed by atoms with Gasteiger partial charge in [-0.25, -0.2) is 4.79 Å². The summed E-state index contributed by atoms with van der Waals surface area (Å²) in [7, 11) is 0.443. The zero-order valence-corrected chi connectivity index (χ0v) is 44.5. The van der Waals surface area contributed by atoms with Gasteiger partial charge >= 0.3 is 13.1 Å². The van der Waals surface area contributed by atoms with Gasteiger partial charge in [-0.05, 0) is 143 Å². The van der Waals surface area contributed by atoms with E-state index in [2.05, 4.69) is 20.9 Å². The third-order valence-corrected chi connectivity index (χ3v) is 13.5. The first kappa shape index (κ1) is 54.4. The first-order chi connectivity index (χ1) is 32.7. The Morgan fingerprint density at radius 1 is 0.743 bits per heavy atom. The lowest BCUT2D eigenvalue weighted by Gasteiger charge is -2.32. The summed E-state index contributed by atoms with van der Waals surface area (Å²) in [6.07, 6.45) is 0.785. The molecule has 0 spiro atoms. The van der Waals surface area contributed by atoms with Gasteiger partial charge < -0.3 is 54.7 Å². The monoisotopic (exact) mass is 1150 g/mol. The van der Waals surface area contributed by atoms with Gasteiger partial charge in [0.1, 0.15) is 12.1 Å². The van der Waals surface area contributed by atoms with Crippen molar-refractivity contribution in [2.45, 2.75) is 103 Å². The number of aromatic nitrogens is 1. The Balaban J connectivity index is 1.40. The van der Waals surface area contributed by atoms with E-state index in [0.717, 1.165) is 19.2 Å². The Bertz CT molecular complexity index is 2820. The minimum absolute atomic E-state index is 0.0572. The number of ether oxygens (including phenoxy) is 3. The Labute approximate surface area is 437 Å². The zero-order valence-electron chi connectivity index (χ0n) is 39.3. The predicted octanol–water partition coefficient (Wildman–Crippen LogP) is 8.47. The van der Waals surface area contributed by atoms with Crippen LogP contribution in [0, 0.1) is 3.57 Å². The lowest BCUT2D eigenvalue weighted by molar-refractivity contribution is -0.145. The van der Waals surface area contributed by atoms with Gasteiger partial charge in [-0.3, -0.25) is 19.2 Å². The van der Waals surface area contributed by atoms with E-state index in [-0.39, 0.29) is 61.2 Å². The fourth-order valence-electron chi connectivity index (χ4n) is 7.34. The summed E-state index contributed by atoms with van der Waals surface area (Å²) >= 11 is 26.9. The van der Waals surface area contributed by atoms with Gasteiger partial charge in [-0.15, -0.1) is 0 Å². The van der Waals surface area contributed by atoms with Crippen molar-refractivity contribution >= 4 is 122 Å². The fourth-order valence-corrected chi connectivity index (χ4v) is 9.09. The van der Waals surface area contributed by atoms with Gasteiger partial charge in [0.2, 0.25) is 17.6 Å². The lowest BCUT2D eigenvalue weighted by atomic mass is 9.78. The molecule has 6 rings (SSSR count). The maximum atomic E-state index is 14.8. The molecule has 0 aliphatic carbocycles. The highest BCUT2D eigenvalue weighted by molar-refractivity contribution is 14.1. The van der Waals surface area contributed by atoms with E-state index in [1.807, 2.05) is 70.2 Å². The van der Waals surface area contributed by atoms with Crippen LogP contribution in [0.15, 0.2) is 60.8 Å². The number of amides is 3. The van der Waals surface area contributed by atoms with E-state index in [4.69, 9.17) is 69.9 Å². The number of hydrogen-bond acceptors (Lipinski definition) is 12. The summed E-state index contributed by atoms with van der Waals surface area (Å²) in [6, 6.07) is 8.12. The summed E-state index contributed by atoms with van der Waals surface area (Å²) in [5, 5.41) is 27.8. The van der Waals surface area contributed by atoms with Crippen LogP contribution in [0.1, 0.15) is 94.5 Å². The number of methoxy groups -OCH3 is 1. The van der Waals surface area contributed by atoms with Crippen molar-refractivity contribution in [1.82, 2.24) is 20.9 Å². The third-order valence-electron chi connectivity index (χ3n) is 11.6. The number of nitrogens with one attached hydrogen (secondary N) is 4. The maximum Gasteiger partial charge on any atom is 0.494 e. The number of H-pyrrole nitrogens is 1. The molecule has 1 aromatic heterocycles. The SMILES string of the molecule is COC(=O)[C@H](NC(=O)[C@H](NC(=O)[C@@H](Cc1c[nH]c2cc(B3OC(C)(C)C(C)(C)O3)ccc12)NC(=O)C(=O)c1cc(Cl)c(O)c(Cl)c1)c1cc(Cl)c(O)c(Cl)c1)c1cc(I)c(OC(C)C)c(OC(C)C)c1. The van der Waals surface area contributed by atoms with Gasteiger partial charge in [0.25, 0.3) is 5.91 Å². The molecule has 3 amide bonds. The van der Waals surface area contributed by atoms with Crippen LogP contribution in [-0.4, -0.2) is 88.4 Å². The van der Waals surface area contributed by atoms with E-state index in [9.17, 15) is 34.2 Å². The number of carbonyl (C=O) groups is 5. The molecule has 1 aliphatic heterocycles. The lowest BCUT2D eigenvalue weighted by Crippen LogP contribution is -2.53. The summed E-state index contributed by atoms with van der Waals surface area (Å²) in [5.74, 6) is -5.68. The molecule has 1 fully saturated rings. The molecular formula is C48H50BCl4IN4O12. The predicted molar refractivity (Wildman–Crippen MR) is 275 cm³/mol. The number of Topliss-reactive ketones (excluding diaryl/α,β-unsaturated/α-hetero) is 1. The Morgan fingerprint density at radius 2 is 1.29 bits per heavy atom. The van der Waals surface area contributed by atoms with Gasteiger partial charge in [0.15, 0.2) is 29.0 Å². The highest BCUT2D eigenvalue weighted by Gasteiger charge is 2.51. The summed E-state index contributed by atoms with van der Waals surface area (Å²) < 4.78 is 30.3. The molecule has 4 aromatic carbocycles. The molecule has 5 aromatic rings. The minimum Gasteiger partial charge on any atom is -0.505 e.